The molecule has 0 spiro atoms. The summed E-state index contributed by atoms with van der Waals surface area (Å²) in [5, 5.41) is 0. The Hall–Kier alpha value is -0.300. The molecule has 1 radical (unpaired) electrons. The zero-order chi connectivity index (χ0) is 7.11. The fourth-order valence-electron chi connectivity index (χ4n) is 0.419. The van der Waals surface area contributed by atoms with Crippen molar-refractivity contribution in [3.05, 3.63) is 18.8 Å². The Morgan fingerprint density at radius 3 is 2.78 bits per heavy atom. The molecule has 0 fully saturated rings. The first kappa shape index (κ1) is 8.70. The van der Waals surface area contributed by atoms with E-state index in [0.29, 0.717) is 0 Å². The van der Waals surface area contributed by atoms with Gasteiger partial charge in [0.15, 0.2) is 0 Å². The van der Waals surface area contributed by atoms with Crippen LogP contribution in [-0.4, -0.2) is 6.61 Å². The molecule has 0 aromatic carbocycles. The van der Waals surface area contributed by atoms with Crippen LogP contribution in [0.15, 0.2) is 12.7 Å². The van der Waals surface area contributed by atoms with E-state index in [1.165, 1.54) is 0 Å². The van der Waals surface area contributed by atoms with Crippen LogP contribution >= 0.6 is 0 Å². The third-order valence-corrected chi connectivity index (χ3v) is 1.17. The normalized spacial score (nSPS) is 10.1. The summed E-state index contributed by atoms with van der Waals surface area (Å²) in [6, 6.07) is 0. The molecule has 0 heterocycles. The fraction of sp³-hybridized carbons (Fsp3) is 0.625. The Bertz CT molecular complexity index is 69.0. The van der Waals surface area contributed by atoms with Gasteiger partial charge in [0.2, 0.25) is 0 Å². The maximum Gasteiger partial charge on any atom is 0.0937 e. The van der Waals surface area contributed by atoms with Gasteiger partial charge < -0.3 is 4.74 Å². The Morgan fingerprint density at radius 2 is 2.33 bits per heavy atom. The lowest BCUT2D eigenvalue weighted by Crippen LogP contribution is -1.97. The average molecular weight is 127 g/mol. The summed E-state index contributed by atoms with van der Waals surface area (Å²) < 4.78 is 5.28. The number of ether oxygens (including phenoxy) is 1. The maximum absolute atomic E-state index is 5.28. The van der Waals surface area contributed by atoms with Gasteiger partial charge in [-0.15, -0.1) is 6.58 Å². The van der Waals surface area contributed by atoms with Crippen LogP contribution in [0.5, 0.6) is 0 Å². The van der Waals surface area contributed by atoms with E-state index in [1.807, 2.05) is 13.0 Å². The first-order chi connectivity index (χ1) is 4.31. The minimum atomic E-state index is 0.781. The molecule has 1 heteroatoms. The fourth-order valence-corrected chi connectivity index (χ4v) is 0.419. The summed E-state index contributed by atoms with van der Waals surface area (Å²) in [6.07, 6.45) is 4.93. The van der Waals surface area contributed by atoms with Crippen molar-refractivity contribution >= 4 is 0 Å². The molecule has 0 aliphatic rings. The Kier molecular flexibility index (Phi) is 5.64. The average Bonchev–Trinajstić information content (AvgIpc) is 1.89. The van der Waals surface area contributed by atoms with E-state index < -0.39 is 0 Å². The van der Waals surface area contributed by atoms with Crippen LogP contribution in [0, 0.1) is 6.10 Å². The minimum absolute atomic E-state index is 0.781. The molecule has 0 aliphatic carbocycles. The van der Waals surface area contributed by atoms with E-state index in [9.17, 15) is 0 Å². The summed E-state index contributed by atoms with van der Waals surface area (Å²) in [7, 11) is 0. The highest BCUT2D eigenvalue weighted by Crippen LogP contribution is 2.04. The van der Waals surface area contributed by atoms with Crippen LogP contribution in [0.4, 0.5) is 0 Å². The lowest BCUT2D eigenvalue weighted by atomic mass is 10.3. The molecule has 0 N–H and O–H groups in total. The van der Waals surface area contributed by atoms with Gasteiger partial charge in [-0.2, -0.15) is 0 Å². The van der Waals surface area contributed by atoms with E-state index in [-0.39, 0.29) is 0 Å². The van der Waals surface area contributed by atoms with Crippen molar-refractivity contribution in [2.45, 2.75) is 26.7 Å². The van der Waals surface area contributed by atoms with Gasteiger partial charge in [0.05, 0.1) is 12.7 Å². The summed E-state index contributed by atoms with van der Waals surface area (Å²) in [4.78, 5) is 0. The quantitative estimate of drug-likeness (QED) is 0.407. The minimum Gasteiger partial charge on any atom is -0.372 e. The van der Waals surface area contributed by atoms with Gasteiger partial charge in [0.25, 0.3) is 0 Å². The van der Waals surface area contributed by atoms with Gasteiger partial charge in [-0.05, 0) is 19.8 Å². The molecule has 0 unspecified atom stereocenters. The van der Waals surface area contributed by atoms with E-state index in [0.717, 1.165) is 25.6 Å². The largest absolute Gasteiger partial charge is 0.372 e. The molecule has 0 aromatic heterocycles. The summed E-state index contributed by atoms with van der Waals surface area (Å²) in [5.74, 6) is 0. The molecule has 0 aromatic rings. The zero-order valence-electron chi connectivity index (χ0n) is 6.31. The molecule has 0 bridgehead atoms. The second-order valence-electron chi connectivity index (χ2n) is 1.98. The Morgan fingerprint density at radius 1 is 1.67 bits per heavy atom. The first-order valence-electron chi connectivity index (χ1n) is 3.37. The van der Waals surface area contributed by atoms with E-state index in [4.69, 9.17) is 4.74 Å². The van der Waals surface area contributed by atoms with Crippen molar-refractivity contribution in [3.63, 3.8) is 0 Å². The van der Waals surface area contributed by atoms with E-state index >= 15 is 0 Å². The standard InChI is InChI=1S/C8H15O/c1-4-6-7-9-8(3)5-2/h4H,1,5-7H2,2-3H3. The van der Waals surface area contributed by atoms with Crippen molar-refractivity contribution in [1.29, 1.82) is 0 Å². The van der Waals surface area contributed by atoms with Gasteiger partial charge in [-0.1, -0.05) is 13.0 Å². The van der Waals surface area contributed by atoms with Crippen molar-refractivity contribution in [1.82, 2.24) is 0 Å². The van der Waals surface area contributed by atoms with Gasteiger partial charge in [-0.25, -0.2) is 0 Å². The second kappa shape index (κ2) is 5.83. The Labute approximate surface area is 57.7 Å². The smallest absolute Gasteiger partial charge is 0.0937 e. The highest BCUT2D eigenvalue weighted by Gasteiger charge is 1.95. The van der Waals surface area contributed by atoms with Crippen LogP contribution in [0.25, 0.3) is 0 Å². The molecule has 9 heavy (non-hydrogen) atoms. The highest BCUT2D eigenvalue weighted by molar-refractivity contribution is 4.70. The molecule has 0 rings (SSSR count). The molecular formula is C8H15O. The topological polar surface area (TPSA) is 9.23 Å². The van der Waals surface area contributed by atoms with E-state index in [2.05, 4.69) is 13.5 Å². The van der Waals surface area contributed by atoms with Gasteiger partial charge in [0.1, 0.15) is 0 Å². The molecular weight excluding hydrogens is 112 g/mol. The van der Waals surface area contributed by atoms with Gasteiger partial charge in [0, 0.05) is 0 Å². The summed E-state index contributed by atoms with van der Waals surface area (Å²) >= 11 is 0. The first-order valence-corrected chi connectivity index (χ1v) is 3.37. The number of hydrogen-bond acceptors (Lipinski definition) is 1. The summed E-state index contributed by atoms with van der Waals surface area (Å²) in [5.41, 5.74) is 0. The molecule has 53 valence electrons. The predicted octanol–water partition coefficient (Wildman–Crippen LogP) is 2.54. The zero-order valence-corrected chi connectivity index (χ0v) is 6.31. The third-order valence-electron chi connectivity index (χ3n) is 1.17. The molecule has 0 saturated heterocycles. The molecule has 0 amide bonds. The molecule has 0 saturated carbocycles. The van der Waals surface area contributed by atoms with Crippen LogP contribution in [0.1, 0.15) is 26.7 Å². The van der Waals surface area contributed by atoms with Crippen molar-refractivity contribution < 1.29 is 4.74 Å². The second-order valence-corrected chi connectivity index (χ2v) is 1.98. The molecule has 0 atom stereocenters. The number of hydrogen-bond donors (Lipinski definition) is 0. The summed E-state index contributed by atoms with van der Waals surface area (Å²) in [6.45, 7) is 8.46. The van der Waals surface area contributed by atoms with Gasteiger partial charge in [-0.3, -0.25) is 0 Å². The Balaban J connectivity index is 2.96. The lowest BCUT2D eigenvalue weighted by molar-refractivity contribution is 0.149. The molecule has 1 nitrogen and oxygen atoms in total. The van der Waals surface area contributed by atoms with Crippen LogP contribution < -0.4 is 0 Å². The van der Waals surface area contributed by atoms with Gasteiger partial charge >= 0.3 is 0 Å². The maximum atomic E-state index is 5.28. The SMILES string of the molecule is C=CCCO[C](C)CC. The predicted molar refractivity (Wildman–Crippen MR) is 40.0 cm³/mol. The molecule has 0 aliphatic heterocycles. The van der Waals surface area contributed by atoms with Crippen molar-refractivity contribution in [3.8, 4) is 0 Å². The highest BCUT2D eigenvalue weighted by atomic mass is 16.5. The van der Waals surface area contributed by atoms with Crippen LogP contribution in [0.3, 0.4) is 0 Å². The van der Waals surface area contributed by atoms with Crippen LogP contribution in [-0.2, 0) is 4.74 Å². The monoisotopic (exact) mass is 127 g/mol. The van der Waals surface area contributed by atoms with Crippen LogP contribution in [0.2, 0.25) is 0 Å². The lowest BCUT2D eigenvalue weighted by Gasteiger charge is -2.06. The number of rotatable bonds is 5. The third kappa shape index (κ3) is 5.57. The van der Waals surface area contributed by atoms with E-state index in [1.54, 1.807) is 0 Å². The van der Waals surface area contributed by atoms with Crippen molar-refractivity contribution in [2.75, 3.05) is 6.61 Å². The van der Waals surface area contributed by atoms with Crippen molar-refractivity contribution in [2.24, 2.45) is 0 Å².